The van der Waals surface area contributed by atoms with Crippen LogP contribution in [0.15, 0.2) is 41.3 Å². The molecule has 6 nitrogen and oxygen atoms in total. The summed E-state index contributed by atoms with van der Waals surface area (Å²) < 4.78 is 31.9. The van der Waals surface area contributed by atoms with Crippen LogP contribution in [-0.4, -0.2) is 43.7 Å². The molecular weight excluding hydrogens is 318 g/mol. The van der Waals surface area contributed by atoms with E-state index in [1.54, 1.807) is 18.2 Å². The number of nitrogens with zero attached hydrogens (tertiary/aromatic N) is 1. The zero-order chi connectivity index (χ0) is 16.8. The molecule has 1 aliphatic carbocycles. The van der Waals surface area contributed by atoms with E-state index in [1.165, 1.54) is 25.3 Å². The lowest BCUT2D eigenvalue weighted by atomic mass is 9.74. The molecule has 122 valence electrons. The molecule has 1 aromatic rings. The van der Waals surface area contributed by atoms with Gasteiger partial charge in [0.15, 0.2) is 5.60 Å². The van der Waals surface area contributed by atoms with Gasteiger partial charge in [0.1, 0.15) is 6.29 Å². The van der Waals surface area contributed by atoms with E-state index in [-0.39, 0.29) is 11.3 Å². The van der Waals surface area contributed by atoms with Gasteiger partial charge in [-0.15, -0.1) is 0 Å². The zero-order valence-electron chi connectivity index (χ0n) is 12.8. The highest BCUT2D eigenvalue weighted by atomic mass is 32.2. The molecule has 1 amide bonds. The van der Waals surface area contributed by atoms with Gasteiger partial charge in [-0.05, 0) is 31.6 Å². The Morgan fingerprint density at radius 2 is 1.96 bits per heavy atom. The van der Waals surface area contributed by atoms with E-state index >= 15 is 0 Å². The lowest BCUT2D eigenvalue weighted by molar-refractivity contribution is -0.162. The predicted molar refractivity (Wildman–Crippen MR) is 82.0 cm³/mol. The number of hydrogen-bond acceptors (Lipinski definition) is 5. The monoisotopic (exact) mass is 335 g/mol. The van der Waals surface area contributed by atoms with E-state index in [9.17, 15) is 18.0 Å². The number of methoxy groups -OCH3 is 1. The highest BCUT2D eigenvalue weighted by Gasteiger charge is 2.58. The molecule has 2 aliphatic heterocycles. The van der Waals surface area contributed by atoms with E-state index in [0.29, 0.717) is 6.29 Å². The normalized spacial score (nSPS) is 29.8. The molecule has 0 spiro atoms. The highest BCUT2D eigenvalue weighted by Crippen LogP contribution is 2.42. The first-order valence-electron chi connectivity index (χ1n) is 7.22. The topological polar surface area (TPSA) is 80.8 Å². The van der Waals surface area contributed by atoms with Crippen molar-refractivity contribution < 1.29 is 22.7 Å². The second kappa shape index (κ2) is 5.28. The first-order valence-corrected chi connectivity index (χ1v) is 8.66. The number of amides is 1. The lowest BCUT2D eigenvalue weighted by Gasteiger charge is -2.48. The van der Waals surface area contributed by atoms with Crippen LogP contribution in [0.3, 0.4) is 0 Å². The van der Waals surface area contributed by atoms with Gasteiger partial charge in [0.05, 0.1) is 16.9 Å². The van der Waals surface area contributed by atoms with Crippen LogP contribution >= 0.6 is 0 Å². The first kappa shape index (κ1) is 15.9. The number of carbonyl (C=O) groups excluding carboxylic acids is 2. The first-order chi connectivity index (χ1) is 10.9. The van der Waals surface area contributed by atoms with Crippen molar-refractivity contribution in [3.63, 3.8) is 0 Å². The second-order valence-electron chi connectivity index (χ2n) is 5.82. The highest BCUT2D eigenvalue weighted by molar-refractivity contribution is 7.89. The number of carbonyl (C=O) groups is 2. The number of sulfonamides is 1. The van der Waals surface area contributed by atoms with Crippen LogP contribution in [0.25, 0.3) is 0 Å². The number of benzene rings is 1. The summed E-state index contributed by atoms with van der Waals surface area (Å²) in [6.45, 7) is 1.85. The SMILES string of the molecule is CO[C@]12C=C[C@H](C[C@@H]1C=O)N(S(=O)(=O)c1ccc(C)cc1)C2=O. The zero-order valence-corrected chi connectivity index (χ0v) is 13.6. The minimum absolute atomic E-state index is 0.0475. The standard InChI is InChI=1S/C16H17NO5S/c1-11-3-5-14(6-4-11)23(20,21)17-13-7-8-16(22-2,15(17)19)12(9-13)10-18/h3-8,10,12-13H,9H2,1-2H3/t12-,13-,16-/m1/s1. The summed E-state index contributed by atoms with van der Waals surface area (Å²) >= 11 is 0. The fraction of sp³-hybridized carbons (Fsp3) is 0.375. The smallest absolute Gasteiger partial charge is 0.273 e. The van der Waals surface area contributed by atoms with Crippen LogP contribution in [0.2, 0.25) is 0 Å². The average Bonchev–Trinajstić information content (AvgIpc) is 2.55. The van der Waals surface area contributed by atoms with Gasteiger partial charge in [-0.1, -0.05) is 23.8 Å². The summed E-state index contributed by atoms with van der Waals surface area (Å²) in [5.74, 6) is -1.39. The van der Waals surface area contributed by atoms with E-state index < -0.39 is 33.5 Å². The third kappa shape index (κ3) is 2.14. The third-order valence-corrected chi connectivity index (χ3v) is 6.35. The van der Waals surface area contributed by atoms with Crippen molar-refractivity contribution in [1.82, 2.24) is 4.31 Å². The summed E-state index contributed by atoms with van der Waals surface area (Å²) in [7, 11) is -2.70. The van der Waals surface area contributed by atoms with Crippen LogP contribution in [0.4, 0.5) is 0 Å². The molecule has 4 rings (SSSR count). The van der Waals surface area contributed by atoms with Crippen molar-refractivity contribution in [1.29, 1.82) is 0 Å². The maximum absolute atomic E-state index is 12.9. The molecule has 0 N–H and O–H groups in total. The molecule has 1 saturated heterocycles. The number of piperidine rings is 1. The maximum atomic E-state index is 12.9. The van der Waals surface area contributed by atoms with E-state index in [2.05, 4.69) is 0 Å². The van der Waals surface area contributed by atoms with Gasteiger partial charge in [-0.3, -0.25) is 4.79 Å². The van der Waals surface area contributed by atoms with Gasteiger partial charge >= 0.3 is 0 Å². The molecule has 0 aromatic heterocycles. The fourth-order valence-corrected chi connectivity index (χ4v) is 4.77. The Kier molecular flexibility index (Phi) is 3.65. The van der Waals surface area contributed by atoms with Crippen LogP contribution in [-0.2, 0) is 24.3 Å². The van der Waals surface area contributed by atoms with Gasteiger partial charge in [0, 0.05) is 7.11 Å². The van der Waals surface area contributed by atoms with Crippen molar-refractivity contribution in [3.8, 4) is 0 Å². The molecular formula is C16H17NO5S. The molecule has 0 saturated carbocycles. The minimum atomic E-state index is -4.00. The van der Waals surface area contributed by atoms with Gasteiger partial charge < -0.3 is 9.53 Å². The molecule has 0 unspecified atom stereocenters. The summed E-state index contributed by atoms with van der Waals surface area (Å²) in [6.07, 6.45) is 4.01. The van der Waals surface area contributed by atoms with Crippen molar-refractivity contribution >= 4 is 22.2 Å². The minimum Gasteiger partial charge on any atom is -0.363 e. The van der Waals surface area contributed by atoms with Crippen LogP contribution in [0.1, 0.15) is 12.0 Å². The number of rotatable bonds is 4. The van der Waals surface area contributed by atoms with Crippen molar-refractivity contribution in [3.05, 3.63) is 42.0 Å². The molecule has 7 heteroatoms. The summed E-state index contributed by atoms with van der Waals surface area (Å²) in [5.41, 5.74) is -0.612. The summed E-state index contributed by atoms with van der Waals surface area (Å²) in [4.78, 5) is 24.1. The summed E-state index contributed by atoms with van der Waals surface area (Å²) in [6, 6.07) is 5.63. The molecule has 3 aliphatic rings. The largest absolute Gasteiger partial charge is 0.363 e. The average molecular weight is 335 g/mol. The number of hydrogen-bond donors (Lipinski definition) is 0. The third-order valence-electron chi connectivity index (χ3n) is 4.53. The number of fused-ring (bicyclic) bond motifs is 2. The molecule has 2 bridgehead atoms. The molecule has 1 fully saturated rings. The Hall–Kier alpha value is -1.99. The second-order valence-corrected chi connectivity index (χ2v) is 7.64. The Morgan fingerprint density at radius 1 is 1.30 bits per heavy atom. The van der Waals surface area contributed by atoms with Crippen molar-refractivity contribution in [2.45, 2.75) is 29.9 Å². The van der Waals surface area contributed by atoms with E-state index in [1.807, 2.05) is 6.92 Å². The van der Waals surface area contributed by atoms with Gasteiger partial charge in [-0.2, -0.15) is 0 Å². The van der Waals surface area contributed by atoms with E-state index in [4.69, 9.17) is 4.74 Å². The molecule has 1 aromatic carbocycles. The molecule has 0 radical (unpaired) electrons. The lowest BCUT2D eigenvalue weighted by Crippen LogP contribution is -2.66. The van der Waals surface area contributed by atoms with Crippen LogP contribution < -0.4 is 0 Å². The van der Waals surface area contributed by atoms with Crippen LogP contribution in [0.5, 0.6) is 0 Å². The van der Waals surface area contributed by atoms with Crippen molar-refractivity contribution in [2.24, 2.45) is 5.92 Å². The number of ether oxygens (including phenoxy) is 1. The van der Waals surface area contributed by atoms with Gasteiger partial charge in [-0.25, -0.2) is 12.7 Å². The number of aldehydes is 1. The Balaban J connectivity index is 2.08. The fourth-order valence-electron chi connectivity index (χ4n) is 3.19. The Labute approximate surface area is 134 Å². The van der Waals surface area contributed by atoms with Gasteiger partial charge in [0.2, 0.25) is 0 Å². The van der Waals surface area contributed by atoms with Crippen molar-refractivity contribution in [2.75, 3.05) is 7.11 Å². The quantitative estimate of drug-likeness (QED) is 0.607. The summed E-state index contributed by atoms with van der Waals surface area (Å²) in [5, 5.41) is 0. The van der Waals surface area contributed by atoms with Crippen LogP contribution in [0, 0.1) is 12.8 Å². The Morgan fingerprint density at radius 3 is 2.52 bits per heavy atom. The molecule has 3 atom stereocenters. The molecule has 23 heavy (non-hydrogen) atoms. The Bertz CT molecular complexity index is 783. The predicted octanol–water partition coefficient (Wildman–Crippen LogP) is 1.05. The number of aryl methyl sites for hydroxylation is 1. The maximum Gasteiger partial charge on any atom is 0.273 e. The molecule has 2 heterocycles. The van der Waals surface area contributed by atoms with Gasteiger partial charge in [0.25, 0.3) is 15.9 Å². The van der Waals surface area contributed by atoms with E-state index in [0.717, 1.165) is 9.87 Å².